The maximum atomic E-state index is 16.9. The number of carbonyl (C=O) groups is 1. The summed E-state index contributed by atoms with van der Waals surface area (Å²) in [5.41, 5.74) is 0.0304. The molecule has 3 saturated carbocycles. The van der Waals surface area contributed by atoms with Gasteiger partial charge in [0, 0.05) is 29.3 Å². The van der Waals surface area contributed by atoms with Crippen LogP contribution >= 0.6 is 0 Å². The van der Waals surface area contributed by atoms with E-state index in [0.29, 0.717) is 19.4 Å². The highest BCUT2D eigenvalue weighted by atomic mass is 19.3. The Balaban J connectivity index is 1.07. The van der Waals surface area contributed by atoms with Crippen LogP contribution in [-0.4, -0.2) is 45.4 Å². The molecule has 4 fully saturated rings. The minimum absolute atomic E-state index is 0.00457. The summed E-state index contributed by atoms with van der Waals surface area (Å²) in [6.07, 6.45) is 6.41. The van der Waals surface area contributed by atoms with E-state index in [1.165, 1.54) is 12.1 Å². The summed E-state index contributed by atoms with van der Waals surface area (Å²) in [6, 6.07) is 33.6. The summed E-state index contributed by atoms with van der Waals surface area (Å²) in [5, 5.41) is 11.7. The summed E-state index contributed by atoms with van der Waals surface area (Å²) < 4.78 is 64.0. The van der Waals surface area contributed by atoms with Gasteiger partial charge in [0.15, 0.2) is 12.4 Å². The monoisotopic (exact) mass is 760 g/mol. The Morgan fingerprint density at radius 1 is 0.839 bits per heavy atom. The number of nitrogens with zero attached hydrogens (tertiary/aromatic N) is 2. The van der Waals surface area contributed by atoms with Crippen molar-refractivity contribution in [2.45, 2.75) is 87.7 Å². The van der Waals surface area contributed by atoms with E-state index in [1.807, 2.05) is 95.6 Å². The standard InChI is InChI=1S/C47H47F3N2O4/c48-38-20-12-19-36(39-29-52(30-51-39)46(33-13-4-1-5-14-33,34-15-6-2-7-16-34)35-17-8-3-9-18-35)42(38)43(53)47(49,50)44(54)45-26-31-22-23-40(37(28-45)32(25-31)27-45)56-41-21-10-11-24-55-41/h1-9,12-20,29-32,37,40-41,43,53H,10-11,21-28H2/t31?,32?,37?,40-,41?,43?,45?/m1/s1. The van der Waals surface area contributed by atoms with Gasteiger partial charge in [0.05, 0.1) is 18.1 Å². The van der Waals surface area contributed by atoms with E-state index in [2.05, 4.69) is 0 Å². The highest BCUT2D eigenvalue weighted by molar-refractivity contribution is 5.93. The molecule has 0 radical (unpaired) electrons. The van der Waals surface area contributed by atoms with E-state index in [1.54, 1.807) is 12.5 Å². The molecule has 1 saturated heterocycles. The van der Waals surface area contributed by atoms with Gasteiger partial charge in [0.2, 0.25) is 5.78 Å². The second-order valence-electron chi connectivity index (χ2n) is 16.5. The molecule has 1 N–H and O–H groups in total. The third kappa shape index (κ3) is 6.23. The fraction of sp³-hybridized carbons (Fsp3) is 0.404. The van der Waals surface area contributed by atoms with Crippen LogP contribution in [0, 0.1) is 29.0 Å². The number of imidazole rings is 1. The summed E-state index contributed by atoms with van der Waals surface area (Å²) in [7, 11) is 0. The van der Waals surface area contributed by atoms with Gasteiger partial charge in [-0.25, -0.2) is 9.37 Å². The van der Waals surface area contributed by atoms with E-state index >= 15 is 13.2 Å². The molecule has 2 heterocycles. The van der Waals surface area contributed by atoms with E-state index in [-0.39, 0.29) is 47.8 Å². The zero-order valence-corrected chi connectivity index (χ0v) is 31.3. The Hall–Kier alpha value is -4.57. The van der Waals surface area contributed by atoms with Gasteiger partial charge >= 0.3 is 5.92 Å². The first kappa shape index (κ1) is 37.0. The quantitative estimate of drug-likeness (QED) is 0.136. The number of carbonyl (C=O) groups excluding carboxylic acids is 1. The Bertz CT molecular complexity index is 2060. The lowest BCUT2D eigenvalue weighted by atomic mass is 9.65. The second kappa shape index (κ2) is 14.7. The van der Waals surface area contributed by atoms with Crippen molar-refractivity contribution >= 4 is 5.78 Å². The zero-order chi connectivity index (χ0) is 38.5. The summed E-state index contributed by atoms with van der Waals surface area (Å²) in [5.74, 6) is -6.43. The van der Waals surface area contributed by atoms with Crippen molar-refractivity contribution in [3.63, 3.8) is 0 Å². The predicted molar refractivity (Wildman–Crippen MR) is 206 cm³/mol. The SMILES string of the molecule is O=C(C12CC3CC[C@@H](OC4CCCCO4)C(C1)C(C3)C2)C(F)(F)C(O)c1c(F)cccc1-c1cn(C(c2ccccc2)(c2ccccc2)c2ccccc2)cn1. The number of ketones is 1. The average Bonchev–Trinajstić information content (AvgIpc) is 3.80. The lowest BCUT2D eigenvalue weighted by Gasteiger charge is -2.40. The van der Waals surface area contributed by atoms with E-state index in [0.717, 1.165) is 61.3 Å². The average molecular weight is 761 g/mol. The van der Waals surface area contributed by atoms with Gasteiger partial charge in [-0.1, -0.05) is 103 Å². The van der Waals surface area contributed by atoms with Crippen LogP contribution in [0.15, 0.2) is 122 Å². The van der Waals surface area contributed by atoms with E-state index in [4.69, 9.17) is 14.5 Å². The van der Waals surface area contributed by atoms with Crippen molar-refractivity contribution in [2.24, 2.45) is 23.2 Å². The molecule has 3 aliphatic carbocycles. The molecule has 290 valence electrons. The molecule has 9 heteroatoms. The molecule has 4 aromatic carbocycles. The Morgan fingerprint density at radius 2 is 1.50 bits per heavy atom. The van der Waals surface area contributed by atoms with Crippen molar-refractivity contribution in [3.05, 3.63) is 150 Å². The molecule has 0 amide bonds. The van der Waals surface area contributed by atoms with Crippen LogP contribution < -0.4 is 0 Å². The van der Waals surface area contributed by atoms with Crippen LogP contribution in [0.3, 0.4) is 0 Å². The van der Waals surface area contributed by atoms with Crippen LogP contribution in [0.4, 0.5) is 13.2 Å². The molecule has 7 atom stereocenters. The highest BCUT2D eigenvalue weighted by Gasteiger charge is 2.64. The minimum Gasteiger partial charge on any atom is -0.381 e. The van der Waals surface area contributed by atoms with Gasteiger partial charge in [-0.05, 0) is 98.3 Å². The fourth-order valence-corrected chi connectivity index (χ4v) is 10.9. The summed E-state index contributed by atoms with van der Waals surface area (Å²) in [4.78, 5) is 19.1. The van der Waals surface area contributed by atoms with Crippen LogP contribution in [0.25, 0.3) is 11.3 Å². The van der Waals surface area contributed by atoms with Gasteiger partial charge in [0.25, 0.3) is 0 Å². The van der Waals surface area contributed by atoms with Crippen LogP contribution in [0.5, 0.6) is 0 Å². The van der Waals surface area contributed by atoms with Crippen molar-refractivity contribution in [1.29, 1.82) is 0 Å². The normalized spacial score (nSPS) is 26.8. The van der Waals surface area contributed by atoms with Crippen molar-refractivity contribution in [2.75, 3.05) is 6.61 Å². The third-order valence-electron chi connectivity index (χ3n) is 13.3. The molecular weight excluding hydrogens is 714 g/mol. The first-order valence-electron chi connectivity index (χ1n) is 20.1. The summed E-state index contributed by atoms with van der Waals surface area (Å²) >= 11 is 0. The minimum atomic E-state index is -4.26. The lowest BCUT2D eigenvalue weighted by Crippen LogP contribution is -2.48. The fourth-order valence-electron chi connectivity index (χ4n) is 10.9. The van der Waals surface area contributed by atoms with E-state index < -0.39 is 40.1 Å². The number of aliphatic hydroxyl groups excluding tert-OH is 1. The first-order chi connectivity index (χ1) is 27.2. The number of hydrogen-bond donors (Lipinski definition) is 1. The van der Waals surface area contributed by atoms with Crippen molar-refractivity contribution in [3.8, 4) is 11.3 Å². The molecular formula is C47H47F3N2O4. The molecule has 9 rings (SSSR count). The topological polar surface area (TPSA) is 73.6 Å². The van der Waals surface area contributed by atoms with Crippen molar-refractivity contribution in [1.82, 2.24) is 9.55 Å². The number of hydrogen-bond acceptors (Lipinski definition) is 5. The molecule has 1 aromatic heterocycles. The largest absolute Gasteiger partial charge is 0.381 e. The third-order valence-corrected chi connectivity index (χ3v) is 13.3. The van der Waals surface area contributed by atoms with Gasteiger partial charge in [0.1, 0.15) is 11.4 Å². The maximum Gasteiger partial charge on any atom is 0.335 e. The molecule has 0 spiro atoms. The second-order valence-corrected chi connectivity index (χ2v) is 16.5. The lowest BCUT2D eigenvalue weighted by molar-refractivity contribution is -0.202. The molecule has 5 aromatic rings. The molecule has 1 aliphatic heterocycles. The Kier molecular flexibility index (Phi) is 9.75. The Labute approximate surface area is 325 Å². The van der Waals surface area contributed by atoms with Gasteiger partial charge in [-0.2, -0.15) is 8.78 Å². The maximum absolute atomic E-state index is 16.9. The summed E-state index contributed by atoms with van der Waals surface area (Å²) in [6.45, 7) is 0.646. The van der Waals surface area contributed by atoms with E-state index in [9.17, 15) is 9.90 Å². The number of ether oxygens (including phenoxy) is 2. The zero-order valence-electron chi connectivity index (χ0n) is 31.3. The van der Waals surface area contributed by atoms with Crippen LogP contribution in [-0.2, 0) is 19.8 Å². The number of fused-ring (bicyclic) bond motifs is 2. The molecule has 56 heavy (non-hydrogen) atoms. The number of Topliss-reactive ketones (excluding diaryl/α,β-unsaturated/α-hetero) is 1. The first-order valence-corrected chi connectivity index (χ1v) is 20.1. The Morgan fingerprint density at radius 3 is 2.12 bits per heavy atom. The molecule has 3 bridgehead atoms. The van der Waals surface area contributed by atoms with Crippen molar-refractivity contribution < 1.29 is 32.5 Å². The number of benzene rings is 4. The van der Waals surface area contributed by atoms with Gasteiger partial charge in [-0.15, -0.1) is 0 Å². The van der Waals surface area contributed by atoms with Crippen LogP contribution in [0.1, 0.15) is 86.1 Å². The van der Waals surface area contributed by atoms with Gasteiger partial charge < -0.3 is 19.1 Å². The van der Waals surface area contributed by atoms with Crippen LogP contribution in [0.2, 0.25) is 0 Å². The number of aromatic nitrogens is 2. The molecule has 6 nitrogen and oxygen atoms in total. The molecule has 4 aliphatic rings. The number of aliphatic hydroxyl groups is 1. The predicted octanol–water partition coefficient (Wildman–Crippen LogP) is 9.90. The number of halogens is 3. The smallest absolute Gasteiger partial charge is 0.335 e. The number of alkyl halides is 2. The molecule has 6 unspecified atom stereocenters. The number of rotatable bonds is 11. The van der Waals surface area contributed by atoms with Gasteiger partial charge in [-0.3, -0.25) is 4.79 Å². The highest BCUT2D eigenvalue weighted by Crippen LogP contribution is 2.63.